The Bertz CT molecular complexity index is 1000. The lowest BCUT2D eigenvalue weighted by Gasteiger charge is -2.19. The van der Waals surface area contributed by atoms with Gasteiger partial charge in [0.2, 0.25) is 11.8 Å². The second kappa shape index (κ2) is 8.57. The molecule has 2 atom stereocenters. The molecule has 2 N–H and O–H groups in total. The van der Waals surface area contributed by atoms with Crippen LogP contribution in [0.3, 0.4) is 0 Å². The predicted octanol–water partition coefficient (Wildman–Crippen LogP) is 4.44. The summed E-state index contributed by atoms with van der Waals surface area (Å²) in [5.41, 5.74) is 2.09. The van der Waals surface area contributed by atoms with Gasteiger partial charge in [0.25, 0.3) is 0 Å². The van der Waals surface area contributed by atoms with Crippen LogP contribution in [0.2, 0.25) is 0 Å². The fourth-order valence-corrected chi connectivity index (χ4v) is 4.50. The summed E-state index contributed by atoms with van der Waals surface area (Å²) in [5.74, 6) is -0.337. The fraction of sp³-hybridized carbons (Fsp3) is 0.304. The second-order valence-electron chi connectivity index (χ2n) is 7.20. The first-order chi connectivity index (χ1) is 13.3. The number of aryl methyl sites for hydroxylation is 2. The molecule has 0 spiro atoms. The van der Waals surface area contributed by atoms with Gasteiger partial charge in [-0.25, -0.2) is 0 Å². The van der Waals surface area contributed by atoms with Crippen molar-refractivity contribution in [2.45, 2.75) is 46.2 Å². The Morgan fingerprint density at radius 1 is 1.00 bits per heavy atom. The van der Waals surface area contributed by atoms with E-state index in [4.69, 9.17) is 0 Å². The molecule has 1 aromatic heterocycles. The zero-order valence-electron chi connectivity index (χ0n) is 16.7. The molecule has 0 radical (unpaired) electrons. The van der Waals surface area contributed by atoms with Crippen molar-refractivity contribution in [1.82, 2.24) is 10.6 Å². The zero-order valence-corrected chi connectivity index (χ0v) is 17.5. The number of amides is 2. The molecule has 3 aromatic rings. The lowest BCUT2D eigenvalue weighted by molar-refractivity contribution is -0.128. The number of thiophene rings is 1. The molecule has 0 saturated carbocycles. The summed E-state index contributed by atoms with van der Waals surface area (Å²) in [6, 6.07) is 15.4. The molecule has 28 heavy (non-hydrogen) atoms. The first kappa shape index (κ1) is 20.1. The van der Waals surface area contributed by atoms with Gasteiger partial charge in [-0.2, -0.15) is 0 Å². The minimum Gasteiger partial charge on any atom is -0.348 e. The smallest absolute Gasteiger partial charge is 0.242 e. The maximum absolute atomic E-state index is 12.5. The van der Waals surface area contributed by atoms with Gasteiger partial charge < -0.3 is 10.6 Å². The Hall–Kier alpha value is -2.66. The summed E-state index contributed by atoms with van der Waals surface area (Å²) in [6.45, 7) is 7.81. The van der Waals surface area contributed by atoms with Crippen LogP contribution in [0.5, 0.6) is 0 Å². The zero-order chi connectivity index (χ0) is 20.3. The van der Waals surface area contributed by atoms with Crippen molar-refractivity contribution in [3.8, 4) is 0 Å². The summed E-state index contributed by atoms with van der Waals surface area (Å²) in [7, 11) is 0. The predicted molar refractivity (Wildman–Crippen MR) is 116 cm³/mol. The number of nitrogens with one attached hydrogen (secondary N) is 2. The lowest BCUT2D eigenvalue weighted by Crippen LogP contribution is -2.46. The number of benzene rings is 2. The van der Waals surface area contributed by atoms with Gasteiger partial charge in [0, 0.05) is 9.75 Å². The van der Waals surface area contributed by atoms with Gasteiger partial charge in [-0.05, 0) is 55.7 Å². The van der Waals surface area contributed by atoms with Crippen molar-refractivity contribution >= 4 is 33.9 Å². The maximum Gasteiger partial charge on any atom is 0.242 e. The molecule has 5 heteroatoms. The first-order valence-corrected chi connectivity index (χ1v) is 10.3. The van der Waals surface area contributed by atoms with E-state index in [0.717, 1.165) is 21.9 Å². The van der Waals surface area contributed by atoms with E-state index < -0.39 is 6.04 Å². The second-order valence-corrected chi connectivity index (χ2v) is 8.66. The summed E-state index contributed by atoms with van der Waals surface area (Å²) >= 11 is 1.72. The average Bonchev–Trinajstić information content (AvgIpc) is 3.00. The Balaban J connectivity index is 1.60. The quantitative estimate of drug-likeness (QED) is 0.649. The van der Waals surface area contributed by atoms with E-state index in [1.165, 1.54) is 9.75 Å². The molecule has 0 aliphatic rings. The first-order valence-electron chi connectivity index (χ1n) is 9.48. The van der Waals surface area contributed by atoms with Crippen molar-refractivity contribution in [2.75, 3.05) is 0 Å². The molecule has 0 saturated heterocycles. The number of hydrogen-bond acceptors (Lipinski definition) is 3. The van der Waals surface area contributed by atoms with Gasteiger partial charge in [0.05, 0.1) is 12.5 Å². The molecular weight excluding hydrogens is 368 g/mol. The van der Waals surface area contributed by atoms with Crippen LogP contribution in [-0.2, 0) is 16.0 Å². The van der Waals surface area contributed by atoms with E-state index in [1.807, 2.05) is 49.4 Å². The van der Waals surface area contributed by atoms with Gasteiger partial charge in [-0.1, -0.05) is 42.5 Å². The van der Waals surface area contributed by atoms with Crippen LogP contribution >= 0.6 is 11.3 Å². The molecule has 1 heterocycles. The molecule has 2 amide bonds. The number of fused-ring (bicyclic) bond motifs is 1. The molecule has 0 unspecified atom stereocenters. The van der Waals surface area contributed by atoms with Crippen molar-refractivity contribution < 1.29 is 9.59 Å². The van der Waals surface area contributed by atoms with E-state index in [9.17, 15) is 9.59 Å². The van der Waals surface area contributed by atoms with E-state index in [0.29, 0.717) is 0 Å². The molecular formula is C23H26N2O2S. The van der Waals surface area contributed by atoms with Crippen LogP contribution in [0.1, 0.15) is 40.8 Å². The Kier molecular flexibility index (Phi) is 6.15. The standard InChI is InChI=1S/C23H26N2O2S/c1-14-12-21(17(4)28-14)15(2)25-23(27)16(3)24-22(26)13-19-10-7-9-18-8-5-6-11-20(18)19/h5-12,15-16H,13H2,1-4H3,(H,24,26)(H,25,27)/t15-,16-/m1/s1. The minimum atomic E-state index is -0.593. The summed E-state index contributed by atoms with van der Waals surface area (Å²) in [6.07, 6.45) is 0.247. The maximum atomic E-state index is 12.5. The molecule has 0 aliphatic heterocycles. The number of carbonyl (C=O) groups excluding carboxylic acids is 2. The van der Waals surface area contributed by atoms with Crippen LogP contribution < -0.4 is 10.6 Å². The number of hydrogen-bond donors (Lipinski definition) is 2. The van der Waals surface area contributed by atoms with Crippen LogP contribution in [0, 0.1) is 13.8 Å². The largest absolute Gasteiger partial charge is 0.348 e. The Morgan fingerprint density at radius 2 is 1.71 bits per heavy atom. The molecule has 146 valence electrons. The number of rotatable bonds is 6. The minimum absolute atomic E-state index is 0.0881. The highest BCUT2D eigenvalue weighted by molar-refractivity contribution is 7.12. The summed E-state index contributed by atoms with van der Waals surface area (Å²) in [4.78, 5) is 27.5. The van der Waals surface area contributed by atoms with Gasteiger partial charge >= 0.3 is 0 Å². The van der Waals surface area contributed by atoms with Crippen molar-refractivity contribution in [2.24, 2.45) is 0 Å². The van der Waals surface area contributed by atoms with Crippen molar-refractivity contribution in [3.05, 3.63) is 69.4 Å². The van der Waals surface area contributed by atoms with Crippen LogP contribution in [0.15, 0.2) is 48.5 Å². The Labute approximate surface area is 170 Å². The number of carbonyl (C=O) groups is 2. The van der Waals surface area contributed by atoms with Gasteiger partial charge in [0.1, 0.15) is 6.04 Å². The van der Waals surface area contributed by atoms with Gasteiger partial charge in [-0.3, -0.25) is 9.59 Å². The fourth-order valence-electron chi connectivity index (χ4n) is 3.47. The summed E-state index contributed by atoms with van der Waals surface area (Å²) in [5, 5.41) is 7.99. The highest BCUT2D eigenvalue weighted by atomic mass is 32.1. The molecule has 2 aromatic carbocycles. The SMILES string of the molecule is Cc1cc([C@@H](C)NC(=O)[C@@H](C)NC(=O)Cc2cccc3ccccc23)c(C)s1. The van der Waals surface area contributed by atoms with Crippen molar-refractivity contribution in [1.29, 1.82) is 0 Å². The molecule has 0 bridgehead atoms. The average molecular weight is 395 g/mol. The third kappa shape index (κ3) is 4.60. The van der Waals surface area contributed by atoms with Crippen LogP contribution in [0.25, 0.3) is 10.8 Å². The molecule has 4 nitrogen and oxygen atoms in total. The van der Waals surface area contributed by atoms with E-state index >= 15 is 0 Å². The normalized spacial score (nSPS) is 13.1. The van der Waals surface area contributed by atoms with E-state index in [-0.39, 0.29) is 24.3 Å². The monoisotopic (exact) mass is 394 g/mol. The van der Waals surface area contributed by atoms with Crippen molar-refractivity contribution in [3.63, 3.8) is 0 Å². The Morgan fingerprint density at radius 3 is 2.43 bits per heavy atom. The topological polar surface area (TPSA) is 58.2 Å². The van der Waals surface area contributed by atoms with E-state index in [2.05, 4.69) is 30.5 Å². The molecule has 0 fully saturated rings. The summed E-state index contributed by atoms with van der Waals surface area (Å²) < 4.78 is 0. The lowest BCUT2D eigenvalue weighted by atomic mass is 10.0. The highest BCUT2D eigenvalue weighted by Crippen LogP contribution is 2.26. The van der Waals surface area contributed by atoms with Gasteiger partial charge in [0.15, 0.2) is 0 Å². The molecule has 0 aliphatic carbocycles. The highest BCUT2D eigenvalue weighted by Gasteiger charge is 2.20. The van der Waals surface area contributed by atoms with Crippen LogP contribution in [-0.4, -0.2) is 17.9 Å². The molecule has 3 rings (SSSR count). The van der Waals surface area contributed by atoms with E-state index in [1.54, 1.807) is 18.3 Å². The van der Waals surface area contributed by atoms with Gasteiger partial charge in [-0.15, -0.1) is 11.3 Å². The van der Waals surface area contributed by atoms with Crippen LogP contribution in [0.4, 0.5) is 0 Å². The third-order valence-corrected chi connectivity index (χ3v) is 5.89. The third-order valence-electron chi connectivity index (χ3n) is 4.91.